The van der Waals surface area contributed by atoms with Gasteiger partial charge in [-0.3, -0.25) is 0 Å². The van der Waals surface area contributed by atoms with E-state index in [0.29, 0.717) is 30.4 Å². The van der Waals surface area contributed by atoms with Crippen molar-refractivity contribution in [1.29, 1.82) is 0 Å². The highest BCUT2D eigenvalue weighted by molar-refractivity contribution is 5.91. The van der Waals surface area contributed by atoms with Gasteiger partial charge in [-0.2, -0.15) is 0 Å². The summed E-state index contributed by atoms with van der Waals surface area (Å²) in [5.74, 6) is -0.316. The van der Waals surface area contributed by atoms with E-state index in [1.165, 1.54) is 24.5 Å². The lowest BCUT2D eigenvalue weighted by Crippen LogP contribution is -2.27. The topological polar surface area (TPSA) is 44.8 Å². The quantitative estimate of drug-likeness (QED) is 0.242. The minimum atomic E-state index is -0.733. The number of halogens is 1. The predicted octanol–water partition coefficient (Wildman–Crippen LogP) is 6.63. The molecule has 1 fully saturated rings. The molecule has 1 heterocycles. The molecule has 1 aliphatic heterocycles. The van der Waals surface area contributed by atoms with Crippen molar-refractivity contribution in [3.63, 3.8) is 0 Å². The van der Waals surface area contributed by atoms with Crippen molar-refractivity contribution in [2.75, 3.05) is 13.2 Å². The second kappa shape index (κ2) is 12.0. The maximum atomic E-state index is 14.7. The third-order valence-corrected chi connectivity index (χ3v) is 5.63. The molecular formula is C26H33FO4. The third kappa shape index (κ3) is 6.88. The normalized spacial score (nSPS) is 18.7. The van der Waals surface area contributed by atoms with E-state index in [1.807, 2.05) is 12.1 Å². The summed E-state index contributed by atoms with van der Waals surface area (Å²) in [6.07, 6.45) is 7.13. The van der Waals surface area contributed by atoms with Crippen LogP contribution in [0.1, 0.15) is 80.1 Å². The first-order valence-electron chi connectivity index (χ1n) is 11.4. The van der Waals surface area contributed by atoms with Crippen LogP contribution >= 0.6 is 0 Å². The highest BCUT2D eigenvalue weighted by Crippen LogP contribution is 2.29. The van der Waals surface area contributed by atoms with Gasteiger partial charge in [0.1, 0.15) is 11.6 Å². The maximum Gasteiger partial charge on any atom is 0.343 e. The molecule has 2 aromatic carbocycles. The number of carbonyl (C=O) groups is 1. The van der Waals surface area contributed by atoms with Crippen molar-refractivity contribution in [3.05, 3.63) is 65.0 Å². The van der Waals surface area contributed by atoms with E-state index in [-0.39, 0.29) is 5.56 Å². The molecule has 0 bridgehead atoms. The van der Waals surface area contributed by atoms with Crippen LogP contribution in [-0.4, -0.2) is 19.2 Å². The smallest absolute Gasteiger partial charge is 0.343 e. The van der Waals surface area contributed by atoms with E-state index in [2.05, 4.69) is 13.8 Å². The summed E-state index contributed by atoms with van der Waals surface area (Å²) >= 11 is 0. The van der Waals surface area contributed by atoms with Crippen molar-refractivity contribution < 1.29 is 23.4 Å². The highest BCUT2D eigenvalue weighted by atomic mass is 19.1. The Morgan fingerprint density at radius 1 is 1.00 bits per heavy atom. The van der Waals surface area contributed by atoms with Gasteiger partial charge in [-0.1, -0.05) is 57.7 Å². The molecule has 1 saturated heterocycles. The van der Waals surface area contributed by atoms with Crippen LogP contribution in [-0.2, 0) is 15.9 Å². The van der Waals surface area contributed by atoms with E-state index in [9.17, 15) is 9.18 Å². The SMILES string of the molecule is CCCCCC1COC(c2ccc(C(=O)Oc3ccc(CCCC)cc3)cc2F)OC1. The minimum absolute atomic E-state index is 0.157. The number of ether oxygens (including phenoxy) is 3. The van der Waals surface area contributed by atoms with Crippen LogP contribution in [0.2, 0.25) is 0 Å². The number of carbonyl (C=O) groups excluding carboxylic acids is 1. The molecule has 5 heteroatoms. The lowest BCUT2D eigenvalue weighted by Gasteiger charge is -2.29. The Morgan fingerprint density at radius 2 is 1.71 bits per heavy atom. The zero-order chi connectivity index (χ0) is 22.1. The van der Waals surface area contributed by atoms with E-state index in [1.54, 1.807) is 24.3 Å². The van der Waals surface area contributed by atoms with Crippen LogP contribution in [0.5, 0.6) is 5.75 Å². The van der Waals surface area contributed by atoms with Crippen LogP contribution in [0.3, 0.4) is 0 Å². The summed E-state index contributed by atoms with van der Waals surface area (Å²) in [4.78, 5) is 12.4. The lowest BCUT2D eigenvalue weighted by atomic mass is 10.0. The molecule has 0 radical (unpaired) electrons. The minimum Gasteiger partial charge on any atom is -0.423 e. The van der Waals surface area contributed by atoms with Crippen LogP contribution in [0, 0.1) is 11.7 Å². The molecule has 0 amide bonds. The summed E-state index contributed by atoms with van der Waals surface area (Å²) in [6.45, 7) is 5.45. The fourth-order valence-corrected chi connectivity index (χ4v) is 3.69. The van der Waals surface area contributed by atoms with E-state index in [4.69, 9.17) is 14.2 Å². The summed E-state index contributed by atoms with van der Waals surface area (Å²) in [6, 6.07) is 11.7. The Bertz CT molecular complexity index is 826. The molecule has 31 heavy (non-hydrogen) atoms. The van der Waals surface area contributed by atoms with Crippen LogP contribution < -0.4 is 4.74 Å². The number of benzene rings is 2. The highest BCUT2D eigenvalue weighted by Gasteiger charge is 2.26. The number of aryl methyl sites for hydroxylation is 1. The van der Waals surface area contributed by atoms with E-state index >= 15 is 0 Å². The molecule has 0 atom stereocenters. The Balaban J connectivity index is 1.55. The first kappa shape index (κ1) is 23.4. The summed E-state index contributed by atoms with van der Waals surface area (Å²) in [5.41, 5.74) is 1.67. The number of hydrogen-bond acceptors (Lipinski definition) is 4. The summed E-state index contributed by atoms with van der Waals surface area (Å²) in [5, 5.41) is 0. The van der Waals surface area contributed by atoms with Gasteiger partial charge in [0, 0.05) is 11.5 Å². The summed E-state index contributed by atoms with van der Waals surface area (Å²) in [7, 11) is 0. The van der Waals surface area contributed by atoms with E-state index in [0.717, 1.165) is 32.1 Å². The van der Waals surface area contributed by atoms with Gasteiger partial charge in [0.05, 0.1) is 18.8 Å². The molecule has 0 unspecified atom stereocenters. The Kier molecular flexibility index (Phi) is 9.04. The Labute approximate surface area is 184 Å². The first-order valence-corrected chi connectivity index (χ1v) is 11.4. The molecule has 0 aromatic heterocycles. The van der Waals surface area contributed by atoms with Gasteiger partial charge in [-0.25, -0.2) is 9.18 Å². The van der Waals surface area contributed by atoms with Gasteiger partial charge in [-0.15, -0.1) is 0 Å². The molecule has 4 nitrogen and oxygen atoms in total. The Hall–Kier alpha value is -2.24. The third-order valence-electron chi connectivity index (χ3n) is 5.63. The molecule has 0 N–H and O–H groups in total. The van der Waals surface area contributed by atoms with Gasteiger partial charge < -0.3 is 14.2 Å². The zero-order valence-corrected chi connectivity index (χ0v) is 18.6. The second-order valence-electron chi connectivity index (χ2n) is 8.23. The average molecular weight is 429 g/mol. The number of hydrogen-bond donors (Lipinski definition) is 0. The molecule has 0 aliphatic carbocycles. The standard InChI is InChI=1S/C26H33FO4/c1-3-5-7-9-20-17-29-26(30-18-20)23-15-12-21(16-24(23)27)25(28)31-22-13-10-19(11-14-22)8-6-4-2/h10-16,20,26H,3-9,17-18H2,1-2H3. The van der Waals surface area contributed by atoms with Gasteiger partial charge in [0.15, 0.2) is 6.29 Å². The average Bonchev–Trinajstić information content (AvgIpc) is 2.79. The molecule has 0 spiro atoms. The van der Waals surface area contributed by atoms with Crippen LogP contribution in [0.15, 0.2) is 42.5 Å². The van der Waals surface area contributed by atoms with Crippen molar-refractivity contribution in [2.45, 2.75) is 65.1 Å². The maximum absolute atomic E-state index is 14.7. The second-order valence-corrected chi connectivity index (χ2v) is 8.23. The van der Waals surface area contributed by atoms with Gasteiger partial charge in [0.2, 0.25) is 0 Å². The molecular weight excluding hydrogens is 395 g/mol. The van der Waals surface area contributed by atoms with Crippen molar-refractivity contribution in [2.24, 2.45) is 5.92 Å². The molecule has 2 aromatic rings. The lowest BCUT2D eigenvalue weighted by molar-refractivity contribution is -0.207. The van der Waals surface area contributed by atoms with Crippen molar-refractivity contribution in [1.82, 2.24) is 0 Å². The predicted molar refractivity (Wildman–Crippen MR) is 119 cm³/mol. The van der Waals surface area contributed by atoms with Gasteiger partial charge in [0.25, 0.3) is 0 Å². The van der Waals surface area contributed by atoms with E-state index < -0.39 is 18.1 Å². The zero-order valence-electron chi connectivity index (χ0n) is 18.6. The van der Waals surface area contributed by atoms with Crippen molar-refractivity contribution >= 4 is 5.97 Å². The summed E-state index contributed by atoms with van der Waals surface area (Å²) < 4.78 is 31.6. The number of unbranched alkanes of at least 4 members (excludes halogenated alkanes) is 3. The fraction of sp³-hybridized carbons (Fsp3) is 0.500. The fourth-order valence-electron chi connectivity index (χ4n) is 3.69. The molecule has 0 saturated carbocycles. The molecule has 3 rings (SSSR count). The Morgan fingerprint density at radius 3 is 2.35 bits per heavy atom. The van der Waals surface area contributed by atoms with Crippen LogP contribution in [0.25, 0.3) is 0 Å². The van der Waals surface area contributed by atoms with Gasteiger partial charge in [-0.05, 0) is 49.1 Å². The molecule has 168 valence electrons. The van der Waals surface area contributed by atoms with Gasteiger partial charge >= 0.3 is 5.97 Å². The largest absolute Gasteiger partial charge is 0.423 e. The first-order chi connectivity index (χ1) is 15.1. The number of rotatable bonds is 10. The number of esters is 1. The monoisotopic (exact) mass is 428 g/mol. The van der Waals surface area contributed by atoms with Crippen LogP contribution in [0.4, 0.5) is 4.39 Å². The molecule has 1 aliphatic rings. The van der Waals surface area contributed by atoms with Crippen molar-refractivity contribution in [3.8, 4) is 5.75 Å².